The van der Waals surface area contributed by atoms with Crippen molar-refractivity contribution in [2.75, 3.05) is 5.32 Å². The maximum atomic E-state index is 12.3. The predicted octanol–water partition coefficient (Wildman–Crippen LogP) is 2.32. The molecule has 6 nitrogen and oxygen atoms in total. The van der Waals surface area contributed by atoms with Crippen LogP contribution in [0.2, 0.25) is 0 Å². The molecular weight excluding hydrogens is 290 g/mol. The number of carbonyl (C=O) groups is 1. The zero-order valence-corrected chi connectivity index (χ0v) is 13.2. The summed E-state index contributed by atoms with van der Waals surface area (Å²) in [5.41, 5.74) is 0.830. The minimum atomic E-state index is 0.0466. The van der Waals surface area contributed by atoms with Crippen molar-refractivity contribution >= 4 is 22.8 Å². The number of carbonyl (C=O) groups excluding carboxylic acids is 1. The molecular formula is C17H21N5O. The number of H-pyrrole nitrogens is 1. The van der Waals surface area contributed by atoms with Gasteiger partial charge in [-0.05, 0) is 31.4 Å². The van der Waals surface area contributed by atoms with Gasteiger partial charge in [-0.15, -0.1) is 0 Å². The van der Waals surface area contributed by atoms with Crippen LogP contribution in [0, 0.1) is 5.92 Å². The fourth-order valence-corrected chi connectivity index (χ4v) is 4.02. The summed E-state index contributed by atoms with van der Waals surface area (Å²) in [6.07, 6.45) is 8.09. The minimum absolute atomic E-state index is 0.0466. The van der Waals surface area contributed by atoms with E-state index < -0.39 is 0 Å². The molecule has 1 aliphatic heterocycles. The van der Waals surface area contributed by atoms with E-state index in [9.17, 15) is 4.79 Å². The van der Waals surface area contributed by atoms with Crippen molar-refractivity contribution in [1.82, 2.24) is 19.9 Å². The molecule has 0 radical (unpaired) electrons. The van der Waals surface area contributed by atoms with Crippen LogP contribution in [0.3, 0.4) is 0 Å². The zero-order valence-electron chi connectivity index (χ0n) is 13.2. The van der Waals surface area contributed by atoms with Gasteiger partial charge >= 0.3 is 0 Å². The molecule has 2 aromatic rings. The number of hydrogen-bond acceptors (Lipinski definition) is 4. The normalized spacial score (nSPS) is 29.2. The maximum absolute atomic E-state index is 12.3. The van der Waals surface area contributed by atoms with Crippen molar-refractivity contribution < 1.29 is 4.79 Å². The van der Waals surface area contributed by atoms with Gasteiger partial charge in [0, 0.05) is 18.2 Å². The van der Waals surface area contributed by atoms with E-state index >= 15 is 0 Å². The van der Waals surface area contributed by atoms with Crippen LogP contribution in [0.15, 0.2) is 31.2 Å². The van der Waals surface area contributed by atoms with Crippen molar-refractivity contribution in [3.05, 3.63) is 31.2 Å². The average molecular weight is 311 g/mol. The number of nitrogens with one attached hydrogen (secondary N) is 2. The first-order valence-corrected chi connectivity index (χ1v) is 8.24. The van der Waals surface area contributed by atoms with E-state index in [4.69, 9.17) is 0 Å². The number of nitrogens with zero attached hydrogens (tertiary/aromatic N) is 3. The fraction of sp³-hybridized carbons (Fsp3) is 0.471. The molecule has 1 amide bonds. The smallest absolute Gasteiger partial charge is 0.246 e. The topological polar surface area (TPSA) is 73.9 Å². The molecule has 120 valence electrons. The molecule has 0 bridgehead atoms. The second-order valence-corrected chi connectivity index (χ2v) is 6.38. The quantitative estimate of drug-likeness (QED) is 0.850. The van der Waals surface area contributed by atoms with E-state index in [1.165, 1.54) is 6.08 Å². The van der Waals surface area contributed by atoms with Crippen molar-refractivity contribution in [2.24, 2.45) is 5.92 Å². The molecule has 3 heterocycles. The predicted molar refractivity (Wildman–Crippen MR) is 88.9 cm³/mol. The molecule has 1 saturated carbocycles. The third-order valence-electron chi connectivity index (χ3n) is 5.23. The number of piperidine rings is 1. The molecule has 0 spiro atoms. The summed E-state index contributed by atoms with van der Waals surface area (Å²) in [7, 11) is 0. The summed E-state index contributed by atoms with van der Waals surface area (Å²) in [5.74, 6) is 1.39. The largest absolute Gasteiger partial charge is 0.364 e. The highest BCUT2D eigenvalue weighted by atomic mass is 16.2. The Morgan fingerprint density at radius 3 is 3.17 bits per heavy atom. The Hall–Kier alpha value is -2.37. The Labute approximate surface area is 135 Å². The van der Waals surface area contributed by atoms with Gasteiger partial charge in [0.2, 0.25) is 5.91 Å². The fourth-order valence-electron chi connectivity index (χ4n) is 4.02. The first-order valence-electron chi connectivity index (χ1n) is 8.24. The van der Waals surface area contributed by atoms with Gasteiger partial charge < -0.3 is 15.2 Å². The number of likely N-dealkylation sites (tertiary alicyclic amines) is 1. The van der Waals surface area contributed by atoms with Crippen LogP contribution in [-0.4, -0.2) is 43.9 Å². The highest BCUT2D eigenvalue weighted by Gasteiger charge is 2.58. The van der Waals surface area contributed by atoms with Crippen LogP contribution < -0.4 is 5.32 Å². The lowest BCUT2D eigenvalue weighted by atomic mass is 10.00. The molecule has 2 aliphatic rings. The maximum Gasteiger partial charge on any atom is 0.246 e. The molecule has 4 atom stereocenters. The summed E-state index contributed by atoms with van der Waals surface area (Å²) in [5, 5.41) is 4.53. The van der Waals surface area contributed by atoms with Crippen LogP contribution in [0.25, 0.3) is 11.0 Å². The Kier molecular flexibility index (Phi) is 3.32. The van der Waals surface area contributed by atoms with Crippen LogP contribution in [0.4, 0.5) is 5.82 Å². The van der Waals surface area contributed by atoms with Crippen LogP contribution in [-0.2, 0) is 4.79 Å². The lowest BCUT2D eigenvalue weighted by molar-refractivity contribution is -0.130. The first-order chi connectivity index (χ1) is 11.2. The minimum Gasteiger partial charge on any atom is -0.364 e. The number of aromatic nitrogens is 3. The van der Waals surface area contributed by atoms with E-state index in [2.05, 4.69) is 33.8 Å². The van der Waals surface area contributed by atoms with E-state index in [1.54, 1.807) is 6.33 Å². The van der Waals surface area contributed by atoms with Crippen molar-refractivity contribution in [2.45, 2.75) is 44.3 Å². The Bertz CT molecular complexity index is 754. The molecule has 4 rings (SSSR count). The molecule has 1 unspecified atom stereocenters. The lowest BCUT2D eigenvalue weighted by Gasteiger charge is -2.34. The molecule has 2 fully saturated rings. The van der Waals surface area contributed by atoms with E-state index in [0.717, 1.165) is 36.1 Å². The number of aromatic amines is 1. The van der Waals surface area contributed by atoms with E-state index in [1.807, 2.05) is 17.2 Å². The van der Waals surface area contributed by atoms with Gasteiger partial charge in [0.1, 0.15) is 17.8 Å². The SMILES string of the molecule is C=CC(=O)N1[C@H](CC)CC[C@@H]2C(Nc3ncnc4[nH]ccc34)[C@@H]21. The van der Waals surface area contributed by atoms with Gasteiger partial charge in [-0.1, -0.05) is 13.5 Å². The Morgan fingerprint density at radius 1 is 1.52 bits per heavy atom. The first kappa shape index (κ1) is 14.2. The van der Waals surface area contributed by atoms with E-state index in [0.29, 0.717) is 12.0 Å². The highest BCUT2D eigenvalue weighted by Crippen LogP contribution is 2.48. The van der Waals surface area contributed by atoms with Crippen LogP contribution in [0.1, 0.15) is 26.2 Å². The number of hydrogen-bond donors (Lipinski definition) is 2. The third kappa shape index (κ3) is 2.20. The standard InChI is InChI=1S/C17H21N5O/c1-3-10-5-6-11-14(15(11)22(10)13(23)4-2)21-17-12-7-8-18-16(12)19-9-20-17/h4,7-11,14-15H,2-3,5-6H2,1H3,(H2,18,19,20,21)/t10-,11-,14?,15-/m1/s1. The molecule has 1 saturated heterocycles. The molecule has 1 aliphatic carbocycles. The molecule has 0 aromatic carbocycles. The van der Waals surface area contributed by atoms with Crippen LogP contribution >= 0.6 is 0 Å². The summed E-state index contributed by atoms with van der Waals surface area (Å²) >= 11 is 0. The number of fused-ring (bicyclic) bond motifs is 2. The number of amides is 1. The van der Waals surface area contributed by atoms with Gasteiger partial charge in [0.15, 0.2) is 0 Å². The monoisotopic (exact) mass is 311 g/mol. The van der Waals surface area contributed by atoms with Crippen molar-refractivity contribution in [3.8, 4) is 0 Å². The average Bonchev–Trinajstić information content (AvgIpc) is 3.05. The van der Waals surface area contributed by atoms with Crippen LogP contribution in [0.5, 0.6) is 0 Å². The summed E-state index contributed by atoms with van der Waals surface area (Å²) in [6, 6.07) is 2.82. The summed E-state index contributed by atoms with van der Waals surface area (Å²) in [6.45, 7) is 5.81. The van der Waals surface area contributed by atoms with E-state index in [-0.39, 0.29) is 18.0 Å². The second-order valence-electron chi connectivity index (χ2n) is 6.38. The number of anilines is 1. The molecule has 23 heavy (non-hydrogen) atoms. The van der Waals surface area contributed by atoms with Gasteiger partial charge in [-0.2, -0.15) is 0 Å². The molecule has 2 N–H and O–H groups in total. The molecule has 2 aromatic heterocycles. The third-order valence-corrected chi connectivity index (χ3v) is 5.23. The van der Waals surface area contributed by atoms with Gasteiger partial charge in [-0.3, -0.25) is 4.79 Å². The number of rotatable bonds is 4. The van der Waals surface area contributed by atoms with Crippen molar-refractivity contribution in [3.63, 3.8) is 0 Å². The Morgan fingerprint density at radius 2 is 2.39 bits per heavy atom. The summed E-state index contributed by atoms with van der Waals surface area (Å²) < 4.78 is 0. The van der Waals surface area contributed by atoms with Gasteiger partial charge in [-0.25, -0.2) is 9.97 Å². The molecule has 6 heteroatoms. The second kappa shape index (κ2) is 5.37. The summed E-state index contributed by atoms with van der Waals surface area (Å²) in [4.78, 5) is 26.0. The lowest BCUT2D eigenvalue weighted by Crippen LogP contribution is -2.44. The Balaban J connectivity index is 1.58. The van der Waals surface area contributed by atoms with Gasteiger partial charge in [0.05, 0.1) is 17.5 Å². The zero-order chi connectivity index (χ0) is 16.0. The van der Waals surface area contributed by atoms with Gasteiger partial charge in [0.25, 0.3) is 0 Å². The highest BCUT2D eigenvalue weighted by molar-refractivity contribution is 5.89. The van der Waals surface area contributed by atoms with Crippen molar-refractivity contribution in [1.29, 1.82) is 0 Å².